The SMILES string of the molecule is Cc1ccc(C2=CCN(C)C(=O)c3c2n(C)c2ccccc32)cc1. The fourth-order valence-electron chi connectivity index (χ4n) is 3.51. The Labute approximate surface area is 141 Å². The number of amides is 1. The number of aryl methyl sites for hydroxylation is 2. The highest BCUT2D eigenvalue weighted by Crippen LogP contribution is 2.35. The topological polar surface area (TPSA) is 25.2 Å². The molecule has 120 valence electrons. The number of hydrogen-bond acceptors (Lipinski definition) is 1. The zero-order chi connectivity index (χ0) is 16.8. The summed E-state index contributed by atoms with van der Waals surface area (Å²) >= 11 is 0. The molecule has 1 aliphatic heterocycles. The van der Waals surface area contributed by atoms with Crippen LogP contribution in [0.3, 0.4) is 0 Å². The first-order valence-electron chi connectivity index (χ1n) is 8.18. The highest BCUT2D eigenvalue weighted by Gasteiger charge is 2.28. The Morgan fingerprint density at radius 2 is 1.67 bits per heavy atom. The summed E-state index contributed by atoms with van der Waals surface area (Å²) < 4.78 is 2.15. The molecule has 0 saturated carbocycles. The molecule has 3 aromatic rings. The molecule has 0 saturated heterocycles. The van der Waals surface area contributed by atoms with E-state index in [9.17, 15) is 4.79 Å². The lowest BCUT2D eigenvalue weighted by Crippen LogP contribution is -2.25. The van der Waals surface area contributed by atoms with Crippen LogP contribution in [0.15, 0.2) is 54.6 Å². The first-order chi connectivity index (χ1) is 11.6. The van der Waals surface area contributed by atoms with Crippen LogP contribution in [0.4, 0.5) is 0 Å². The molecular weight excluding hydrogens is 296 g/mol. The Bertz CT molecular complexity index is 977. The lowest BCUT2D eigenvalue weighted by Gasteiger charge is -2.12. The van der Waals surface area contributed by atoms with E-state index in [-0.39, 0.29) is 5.91 Å². The number of hydrogen-bond donors (Lipinski definition) is 0. The molecule has 1 aliphatic rings. The number of fused-ring (bicyclic) bond motifs is 3. The molecule has 0 unspecified atom stereocenters. The Kier molecular flexibility index (Phi) is 3.31. The number of rotatable bonds is 1. The minimum Gasteiger partial charge on any atom is -0.343 e. The van der Waals surface area contributed by atoms with Gasteiger partial charge in [0.2, 0.25) is 0 Å². The van der Waals surface area contributed by atoms with Gasteiger partial charge in [-0.2, -0.15) is 0 Å². The van der Waals surface area contributed by atoms with Gasteiger partial charge in [0.1, 0.15) is 0 Å². The third kappa shape index (κ3) is 2.08. The number of carbonyl (C=O) groups is 1. The van der Waals surface area contributed by atoms with E-state index in [4.69, 9.17) is 0 Å². The Hall–Kier alpha value is -2.81. The smallest absolute Gasteiger partial charge is 0.256 e. The maximum atomic E-state index is 13.0. The molecule has 0 fully saturated rings. The van der Waals surface area contributed by atoms with Crippen LogP contribution in [0.2, 0.25) is 0 Å². The van der Waals surface area contributed by atoms with Gasteiger partial charge < -0.3 is 9.47 Å². The van der Waals surface area contributed by atoms with Crippen molar-refractivity contribution in [2.75, 3.05) is 13.6 Å². The van der Waals surface area contributed by atoms with Crippen LogP contribution in [-0.4, -0.2) is 29.0 Å². The van der Waals surface area contributed by atoms with Crippen LogP contribution in [0.1, 0.15) is 27.2 Å². The molecule has 3 nitrogen and oxygen atoms in total. The van der Waals surface area contributed by atoms with E-state index in [1.54, 1.807) is 4.90 Å². The summed E-state index contributed by atoms with van der Waals surface area (Å²) in [4.78, 5) is 14.8. The van der Waals surface area contributed by atoms with Gasteiger partial charge in [-0.3, -0.25) is 4.79 Å². The quantitative estimate of drug-likeness (QED) is 0.666. The van der Waals surface area contributed by atoms with E-state index in [1.807, 2.05) is 32.3 Å². The van der Waals surface area contributed by atoms with E-state index < -0.39 is 0 Å². The van der Waals surface area contributed by atoms with Gasteiger partial charge in [0, 0.05) is 37.1 Å². The lowest BCUT2D eigenvalue weighted by atomic mass is 9.98. The van der Waals surface area contributed by atoms with Gasteiger partial charge in [-0.1, -0.05) is 54.1 Å². The van der Waals surface area contributed by atoms with Crippen molar-refractivity contribution in [2.45, 2.75) is 6.92 Å². The first-order valence-corrected chi connectivity index (χ1v) is 8.18. The molecule has 1 aromatic heterocycles. The van der Waals surface area contributed by atoms with Gasteiger partial charge in [-0.15, -0.1) is 0 Å². The van der Waals surface area contributed by atoms with Gasteiger partial charge in [-0.05, 0) is 18.6 Å². The summed E-state index contributed by atoms with van der Waals surface area (Å²) in [6, 6.07) is 16.6. The van der Waals surface area contributed by atoms with Crippen molar-refractivity contribution in [2.24, 2.45) is 7.05 Å². The van der Waals surface area contributed by atoms with Gasteiger partial charge in [0.15, 0.2) is 0 Å². The third-order valence-corrected chi connectivity index (χ3v) is 4.85. The summed E-state index contributed by atoms with van der Waals surface area (Å²) in [6.07, 6.45) is 2.16. The van der Waals surface area contributed by atoms with Crippen molar-refractivity contribution in [1.29, 1.82) is 0 Å². The van der Waals surface area contributed by atoms with E-state index in [0.29, 0.717) is 6.54 Å². The van der Waals surface area contributed by atoms with Crippen molar-refractivity contribution in [3.8, 4) is 0 Å². The number of benzene rings is 2. The number of nitrogens with zero attached hydrogens (tertiary/aromatic N) is 2. The molecule has 0 bridgehead atoms. The van der Waals surface area contributed by atoms with E-state index >= 15 is 0 Å². The van der Waals surface area contributed by atoms with Crippen molar-refractivity contribution in [1.82, 2.24) is 9.47 Å². The second kappa shape index (κ2) is 5.38. The van der Waals surface area contributed by atoms with Crippen molar-refractivity contribution < 1.29 is 4.79 Å². The first kappa shape index (κ1) is 14.8. The van der Waals surface area contributed by atoms with Crippen LogP contribution in [0.5, 0.6) is 0 Å². The molecule has 0 spiro atoms. The average molecular weight is 316 g/mol. The van der Waals surface area contributed by atoms with Gasteiger partial charge in [-0.25, -0.2) is 0 Å². The molecule has 1 amide bonds. The van der Waals surface area contributed by atoms with Crippen LogP contribution < -0.4 is 0 Å². The minimum absolute atomic E-state index is 0.0835. The molecule has 3 heteroatoms. The number of aromatic nitrogens is 1. The number of para-hydroxylation sites is 1. The lowest BCUT2D eigenvalue weighted by molar-refractivity contribution is 0.0813. The maximum Gasteiger partial charge on any atom is 0.256 e. The molecule has 4 rings (SSSR count). The van der Waals surface area contributed by atoms with Gasteiger partial charge >= 0.3 is 0 Å². The monoisotopic (exact) mass is 316 g/mol. The average Bonchev–Trinajstić information content (AvgIpc) is 2.81. The second-order valence-corrected chi connectivity index (χ2v) is 6.47. The zero-order valence-corrected chi connectivity index (χ0v) is 14.2. The standard InChI is InChI=1S/C21H20N2O/c1-14-8-10-15(11-9-14)16-12-13-22(2)21(24)19-17-6-4-5-7-18(17)23(3)20(16)19/h4-12H,13H2,1-3H3. The van der Waals surface area contributed by atoms with E-state index in [1.165, 1.54) is 5.56 Å². The van der Waals surface area contributed by atoms with Crippen LogP contribution >= 0.6 is 0 Å². The molecule has 24 heavy (non-hydrogen) atoms. The Balaban J connectivity index is 2.06. The van der Waals surface area contributed by atoms with Crippen molar-refractivity contribution in [3.05, 3.63) is 77.0 Å². The summed E-state index contributed by atoms with van der Waals surface area (Å²) in [7, 11) is 3.91. The summed E-state index contributed by atoms with van der Waals surface area (Å²) in [5, 5.41) is 1.02. The number of likely N-dealkylation sites (N-methyl/N-ethyl adjacent to an activating group) is 1. The Morgan fingerprint density at radius 3 is 2.42 bits per heavy atom. The predicted octanol–water partition coefficient (Wildman–Crippen LogP) is 4.00. The summed E-state index contributed by atoms with van der Waals surface area (Å²) in [5.74, 6) is 0.0835. The minimum atomic E-state index is 0.0835. The molecule has 2 aromatic carbocycles. The molecule has 0 aliphatic carbocycles. The molecule has 2 heterocycles. The predicted molar refractivity (Wildman–Crippen MR) is 98.1 cm³/mol. The second-order valence-electron chi connectivity index (χ2n) is 6.47. The number of carbonyl (C=O) groups excluding carboxylic acids is 1. The normalized spacial score (nSPS) is 14.5. The van der Waals surface area contributed by atoms with E-state index in [0.717, 1.165) is 33.3 Å². The molecule has 0 atom stereocenters. The molecule has 0 N–H and O–H groups in total. The van der Waals surface area contributed by atoms with Gasteiger partial charge in [0.25, 0.3) is 5.91 Å². The fraction of sp³-hybridized carbons (Fsp3) is 0.190. The maximum absolute atomic E-state index is 13.0. The zero-order valence-electron chi connectivity index (χ0n) is 14.2. The van der Waals surface area contributed by atoms with Crippen LogP contribution in [0, 0.1) is 6.92 Å². The third-order valence-electron chi connectivity index (χ3n) is 4.85. The highest BCUT2D eigenvalue weighted by atomic mass is 16.2. The van der Waals surface area contributed by atoms with Crippen LogP contribution in [-0.2, 0) is 7.05 Å². The molecular formula is C21H20N2O. The summed E-state index contributed by atoms with van der Waals surface area (Å²) in [5.41, 5.74) is 6.41. The Morgan fingerprint density at radius 1 is 0.958 bits per heavy atom. The summed E-state index contributed by atoms with van der Waals surface area (Å²) in [6.45, 7) is 2.70. The highest BCUT2D eigenvalue weighted by molar-refractivity contribution is 6.12. The van der Waals surface area contributed by atoms with Crippen LogP contribution in [0.25, 0.3) is 16.5 Å². The van der Waals surface area contributed by atoms with Gasteiger partial charge in [0.05, 0.1) is 11.3 Å². The fourth-order valence-corrected chi connectivity index (χ4v) is 3.51. The van der Waals surface area contributed by atoms with Crippen molar-refractivity contribution in [3.63, 3.8) is 0 Å². The largest absolute Gasteiger partial charge is 0.343 e. The van der Waals surface area contributed by atoms with E-state index in [2.05, 4.69) is 47.9 Å². The van der Waals surface area contributed by atoms with Crippen molar-refractivity contribution >= 4 is 22.4 Å². The molecule has 0 radical (unpaired) electrons.